The summed E-state index contributed by atoms with van der Waals surface area (Å²) in [5, 5.41) is 4.80. The fourth-order valence-electron chi connectivity index (χ4n) is 10.5. The fraction of sp³-hybridized carbons (Fsp3) is 0.550. The standard InChI is InChI=1S/C60H70N4O30/c1-26(65)77-22-42-48(83-29(4)68)51(86-32(7)71)54(89-35(10)74)59(92-42)79-24-44-50(85-31(6)70)53(88-34(9)73)56(91-37(12)76)60(94-44)80-25-43-49(84-30(5)69)52(87-33(8)72)55(90-36(11)75)58(93-43)78-23-41(81-27(2)66)47(82-28(3)67)45-46-57(62-40-21-17-16-20-39(40)61-46)64(63-45)38-18-14-13-15-19-38/h13-21,41-44,47-56,58-60H,22-25H2,1-12H3/t41-,42+,43+,44+,47-,48+,49+,50+,51-,52-,53-,54+,55+,56+,58-,59-,60-/m0/s1. The van der Waals surface area contributed by atoms with Crippen molar-refractivity contribution in [3.63, 3.8) is 0 Å². The zero-order valence-electron chi connectivity index (χ0n) is 52.9. The predicted octanol–water partition coefficient (Wildman–Crippen LogP) is 1.68. The van der Waals surface area contributed by atoms with Gasteiger partial charge in [-0.1, -0.05) is 30.3 Å². The van der Waals surface area contributed by atoms with Crippen LogP contribution in [0.1, 0.15) is 94.9 Å². The molecule has 510 valence electrons. The minimum absolute atomic E-state index is 0.0817. The van der Waals surface area contributed by atoms with Crippen molar-refractivity contribution in [2.75, 3.05) is 26.4 Å². The summed E-state index contributed by atoms with van der Waals surface area (Å²) in [6.07, 6.45) is -30.6. The smallest absolute Gasteiger partial charge is 0.303 e. The number of esters is 12. The van der Waals surface area contributed by atoms with Gasteiger partial charge in [-0.05, 0) is 24.3 Å². The number of nitrogens with zero attached hydrogens (tertiary/aromatic N) is 4. The summed E-state index contributed by atoms with van der Waals surface area (Å²) in [7, 11) is 0. The van der Waals surface area contributed by atoms with E-state index in [0.29, 0.717) is 16.7 Å². The van der Waals surface area contributed by atoms with Gasteiger partial charge < -0.3 is 85.3 Å². The number of hydrogen-bond acceptors (Lipinski definition) is 33. The summed E-state index contributed by atoms with van der Waals surface area (Å²) in [4.78, 5) is 164. The molecule has 0 bridgehead atoms. The Kier molecular flexibility index (Phi) is 24.9. The van der Waals surface area contributed by atoms with Crippen LogP contribution in [0, 0.1) is 0 Å². The Balaban J connectivity index is 1.28. The molecule has 0 N–H and O–H groups in total. The summed E-state index contributed by atoms with van der Waals surface area (Å²) in [6.45, 7) is 8.59. The Morgan fingerprint density at radius 1 is 0.394 bits per heavy atom. The van der Waals surface area contributed by atoms with E-state index in [1.807, 2.05) is 0 Å². The van der Waals surface area contributed by atoms with E-state index >= 15 is 0 Å². The van der Waals surface area contributed by atoms with Crippen molar-refractivity contribution in [1.82, 2.24) is 19.7 Å². The molecule has 94 heavy (non-hydrogen) atoms. The highest BCUT2D eigenvalue weighted by molar-refractivity contribution is 5.87. The van der Waals surface area contributed by atoms with E-state index in [2.05, 4.69) is 0 Å². The van der Waals surface area contributed by atoms with Crippen molar-refractivity contribution in [2.24, 2.45) is 0 Å². The first-order valence-electron chi connectivity index (χ1n) is 29.0. The third-order valence-electron chi connectivity index (χ3n) is 13.6. The zero-order valence-corrected chi connectivity index (χ0v) is 52.9. The van der Waals surface area contributed by atoms with E-state index in [1.54, 1.807) is 54.6 Å². The maximum atomic E-state index is 13.2. The van der Waals surface area contributed by atoms with Gasteiger partial charge in [0.05, 0.1) is 36.5 Å². The number of carbonyl (C=O) groups is 12. The summed E-state index contributed by atoms with van der Waals surface area (Å²) in [5.74, 6) is -11.8. The normalized spacial score (nSPS) is 26.4. The van der Waals surface area contributed by atoms with Crippen molar-refractivity contribution < 1.29 is 143 Å². The molecular weight excluding hydrogens is 1260 g/mol. The first-order valence-corrected chi connectivity index (χ1v) is 29.0. The molecule has 2 aromatic heterocycles. The molecule has 34 nitrogen and oxygen atoms in total. The van der Waals surface area contributed by atoms with Gasteiger partial charge in [0, 0.05) is 83.1 Å². The van der Waals surface area contributed by atoms with E-state index < -0.39 is 202 Å². The number of carbonyl (C=O) groups excluding carboxylic acids is 12. The van der Waals surface area contributed by atoms with E-state index in [9.17, 15) is 57.5 Å². The molecule has 3 saturated heterocycles. The molecule has 34 heteroatoms. The van der Waals surface area contributed by atoms with Gasteiger partial charge in [0.1, 0.15) is 36.1 Å². The van der Waals surface area contributed by atoms with Gasteiger partial charge in [-0.2, -0.15) is 5.10 Å². The highest BCUT2D eigenvalue weighted by Gasteiger charge is 2.58. The van der Waals surface area contributed by atoms with Crippen LogP contribution in [0.2, 0.25) is 0 Å². The maximum absolute atomic E-state index is 13.2. The van der Waals surface area contributed by atoms with Crippen molar-refractivity contribution in [2.45, 2.75) is 187 Å². The van der Waals surface area contributed by atoms with E-state index in [1.165, 1.54) is 4.68 Å². The molecule has 5 heterocycles. The Bertz CT molecular complexity index is 3450. The Morgan fingerprint density at radius 2 is 0.745 bits per heavy atom. The molecule has 0 aliphatic carbocycles. The second kappa shape index (κ2) is 32.5. The lowest BCUT2D eigenvalue weighted by molar-refractivity contribution is -0.346. The molecule has 0 amide bonds. The predicted molar refractivity (Wildman–Crippen MR) is 305 cm³/mol. The van der Waals surface area contributed by atoms with Crippen LogP contribution in [0.25, 0.3) is 27.9 Å². The van der Waals surface area contributed by atoms with Gasteiger partial charge >= 0.3 is 71.6 Å². The SMILES string of the molecule is CC(=O)OC[C@H]1O[C@H](OC[C@H]2O[C@H](OC[C@H]3O[C@H](OC[C@H](OC(C)=O)[C@H](OC(C)=O)c4nn(-c5ccccc5)c5nc6ccccc6nc45)[C@H](OC(C)=O)[C@@H](OC(C)=O)[C@@H]3OC(C)=O)[C@H](OC(C)=O)[C@@H](OC(C)=O)[C@@H]2OC(C)=O)[C@H](OC(C)=O)[C@@H](OC(C)=O)[C@@H]1OC(C)=O. The summed E-state index contributed by atoms with van der Waals surface area (Å²) >= 11 is 0. The summed E-state index contributed by atoms with van der Waals surface area (Å²) in [6, 6.07) is 15.5. The quantitative estimate of drug-likeness (QED) is 0.0672. The Morgan fingerprint density at radius 3 is 1.13 bits per heavy atom. The lowest BCUT2D eigenvalue weighted by Gasteiger charge is -2.47. The Hall–Kier alpha value is -9.35. The zero-order chi connectivity index (χ0) is 68.8. The van der Waals surface area contributed by atoms with Gasteiger partial charge in [0.2, 0.25) is 0 Å². The van der Waals surface area contributed by atoms with E-state index in [-0.39, 0.29) is 16.9 Å². The van der Waals surface area contributed by atoms with Crippen LogP contribution in [0.5, 0.6) is 0 Å². The van der Waals surface area contributed by atoms with Crippen molar-refractivity contribution in [3.05, 3.63) is 60.3 Å². The molecule has 17 atom stereocenters. The minimum atomic E-state index is -2.02. The molecule has 3 fully saturated rings. The van der Waals surface area contributed by atoms with Crippen LogP contribution in [0.3, 0.4) is 0 Å². The lowest BCUT2D eigenvalue weighted by Crippen LogP contribution is -2.66. The largest absolute Gasteiger partial charge is 0.463 e. The van der Waals surface area contributed by atoms with E-state index in [4.69, 9.17) is 100 Å². The van der Waals surface area contributed by atoms with Crippen LogP contribution in [-0.2, 0) is 143 Å². The van der Waals surface area contributed by atoms with Gasteiger partial charge in [-0.15, -0.1) is 0 Å². The van der Waals surface area contributed by atoms with E-state index in [0.717, 1.165) is 83.1 Å². The van der Waals surface area contributed by atoms with Crippen molar-refractivity contribution in [1.29, 1.82) is 0 Å². The third-order valence-corrected chi connectivity index (χ3v) is 13.6. The van der Waals surface area contributed by atoms with Crippen molar-refractivity contribution >= 4 is 93.8 Å². The molecule has 7 rings (SSSR count). The molecule has 3 aliphatic rings. The molecule has 4 aromatic rings. The molecule has 0 unspecified atom stereocenters. The summed E-state index contributed by atoms with van der Waals surface area (Å²) < 4.78 is 107. The topological polar surface area (TPSA) is 415 Å². The highest BCUT2D eigenvalue weighted by Crippen LogP contribution is 2.37. The number of rotatable bonds is 25. The second-order valence-electron chi connectivity index (χ2n) is 21.3. The van der Waals surface area contributed by atoms with Crippen molar-refractivity contribution in [3.8, 4) is 5.69 Å². The van der Waals surface area contributed by atoms with Crippen LogP contribution in [0.15, 0.2) is 54.6 Å². The monoisotopic (exact) mass is 1330 g/mol. The molecule has 0 spiro atoms. The number of para-hydroxylation sites is 3. The van der Waals surface area contributed by atoms with Gasteiger partial charge in [0.25, 0.3) is 0 Å². The van der Waals surface area contributed by atoms with Crippen LogP contribution >= 0.6 is 0 Å². The van der Waals surface area contributed by atoms with Gasteiger partial charge in [-0.25, -0.2) is 14.6 Å². The number of hydrogen-bond donors (Lipinski definition) is 0. The van der Waals surface area contributed by atoms with Crippen LogP contribution < -0.4 is 0 Å². The third kappa shape index (κ3) is 19.1. The average molecular weight is 1330 g/mol. The maximum Gasteiger partial charge on any atom is 0.303 e. The highest BCUT2D eigenvalue weighted by atomic mass is 16.8. The minimum Gasteiger partial charge on any atom is -0.463 e. The molecule has 3 aliphatic heterocycles. The van der Waals surface area contributed by atoms with Crippen LogP contribution in [-0.4, -0.2) is 216 Å². The first-order chi connectivity index (χ1) is 44.5. The lowest BCUT2D eigenvalue weighted by atomic mass is 9.96. The van der Waals surface area contributed by atoms with Gasteiger partial charge in [0.15, 0.2) is 91.7 Å². The summed E-state index contributed by atoms with van der Waals surface area (Å²) in [5.41, 5.74) is 1.55. The van der Waals surface area contributed by atoms with Crippen LogP contribution in [0.4, 0.5) is 0 Å². The molecule has 2 aromatic carbocycles. The molecular formula is C60H70N4O30. The number of benzene rings is 2. The Labute approximate surface area is 534 Å². The molecule has 0 radical (unpaired) electrons. The number of ether oxygens (including phenoxy) is 18. The first kappa shape index (κ1) is 72.1. The second-order valence-corrected chi connectivity index (χ2v) is 21.3. The number of aromatic nitrogens is 4. The fourth-order valence-corrected chi connectivity index (χ4v) is 10.5. The van der Waals surface area contributed by atoms with Gasteiger partial charge in [-0.3, -0.25) is 57.5 Å². The average Bonchev–Trinajstić information content (AvgIpc) is 1.59. The molecule has 0 saturated carbocycles. The number of fused-ring (bicyclic) bond motifs is 2.